The van der Waals surface area contributed by atoms with E-state index in [1.54, 1.807) is 0 Å². The molecule has 2 N–H and O–H groups in total. The molecule has 0 aromatic rings. The summed E-state index contributed by atoms with van der Waals surface area (Å²) in [7, 11) is 2.11. The van der Waals surface area contributed by atoms with Crippen molar-refractivity contribution in [2.45, 2.75) is 13.0 Å². The molecule has 0 aliphatic carbocycles. The van der Waals surface area contributed by atoms with E-state index in [4.69, 9.17) is 5.73 Å². The predicted molar refractivity (Wildman–Crippen MR) is 80.6 cm³/mol. The van der Waals surface area contributed by atoms with Gasteiger partial charge >= 0.3 is 0 Å². The highest BCUT2D eigenvalue weighted by atomic mass is 16.2. The van der Waals surface area contributed by atoms with Crippen LogP contribution in [0.2, 0.25) is 0 Å². The van der Waals surface area contributed by atoms with Gasteiger partial charge in [-0.25, -0.2) is 0 Å². The molecular weight excluding hydrogens is 254 g/mol. The lowest BCUT2D eigenvalue weighted by atomic mass is 10.2. The van der Waals surface area contributed by atoms with Gasteiger partial charge in [0.15, 0.2) is 0 Å². The van der Waals surface area contributed by atoms with Gasteiger partial charge in [0.2, 0.25) is 5.91 Å². The van der Waals surface area contributed by atoms with Crippen LogP contribution in [0.5, 0.6) is 0 Å². The van der Waals surface area contributed by atoms with Gasteiger partial charge in [-0.05, 0) is 14.0 Å². The summed E-state index contributed by atoms with van der Waals surface area (Å²) in [6.07, 6.45) is 0. The molecule has 116 valence electrons. The quantitative estimate of drug-likeness (QED) is 0.697. The van der Waals surface area contributed by atoms with Crippen LogP contribution in [0.15, 0.2) is 0 Å². The Kier molecular flexibility index (Phi) is 5.77. The Morgan fingerprint density at radius 1 is 1.05 bits per heavy atom. The molecule has 1 unspecified atom stereocenters. The zero-order valence-electron chi connectivity index (χ0n) is 12.9. The predicted octanol–water partition coefficient (Wildman–Crippen LogP) is -1.27. The van der Waals surface area contributed by atoms with E-state index in [2.05, 4.69) is 28.7 Å². The first-order valence-corrected chi connectivity index (χ1v) is 7.73. The fourth-order valence-corrected chi connectivity index (χ4v) is 2.86. The van der Waals surface area contributed by atoms with E-state index in [9.17, 15) is 4.79 Å². The van der Waals surface area contributed by atoms with Crippen LogP contribution in [0.25, 0.3) is 0 Å². The lowest BCUT2D eigenvalue weighted by Gasteiger charge is -2.39. The van der Waals surface area contributed by atoms with Crippen molar-refractivity contribution in [2.75, 3.05) is 72.5 Å². The lowest BCUT2D eigenvalue weighted by Crippen LogP contribution is -2.55. The van der Waals surface area contributed by atoms with E-state index in [1.807, 2.05) is 4.90 Å². The molecule has 0 saturated carbocycles. The Morgan fingerprint density at radius 3 is 2.20 bits per heavy atom. The maximum Gasteiger partial charge on any atom is 0.236 e. The van der Waals surface area contributed by atoms with Gasteiger partial charge in [0, 0.05) is 64.9 Å². The van der Waals surface area contributed by atoms with Crippen molar-refractivity contribution in [3.05, 3.63) is 0 Å². The van der Waals surface area contributed by atoms with E-state index in [-0.39, 0.29) is 0 Å². The van der Waals surface area contributed by atoms with Crippen LogP contribution >= 0.6 is 0 Å². The summed E-state index contributed by atoms with van der Waals surface area (Å²) < 4.78 is 0. The second-order valence-electron chi connectivity index (χ2n) is 6.08. The molecule has 6 heteroatoms. The summed E-state index contributed by atoms with van der Waals surface area (Å²) in [5.41, 5.74) is 5.71. The first-order chi connectivity index (χ1) is 9.60. The molecule has 2 rings (SSSR count). The molecule has 1 amide bonds. The molecule has 1 atom stereocenters. The number of piperazine rings is 2. The monoisotopic (exact) mass is 283 g/mol. The number of hydrogen-bond donors (Lipinski definition) is 1. The zero-order valence-corrected chi connectivity index (χ0v) is 12.9. The summed E-state index contributed by atoms with van der Waals surface area (Å²) >= 11 is 0. The van der Waals surface area contributed by atoms with Crippen LogP contribution in [-0.4, -0.2) is 104 Å². The molecule has 0 aromatic carbocycles. The Labute approximate surface area is 122 Å². The molecule has 20 heavy (non-hydrogen) atoms. The SMILES string of the molecule is CC(CN)N1CCN(CC(=O)N2CCN(C)CC2)CC1. The number of rotatable bonds is 4. The van der Waals surface area contributed by atoms with E-state index >= 15 is 0 Å². The van der Waals surface area contributed by atoms with Gasteiger partial charge in [-0.1, -0.05) is 0 Å². The van der Waals surface area contributed by atoms with Crippen molar-refractivity contribution in [1.29, 1.82) is 0 Å². The second kappa shape index (κ2) is 7.36. The van der Waals surface area contributed by atoms with E-state index < -0.39 is 0 Å². The summed E-state index contributed by atoms with van der Waals surface area (Å²) in [6, 6.07) is 0.450. The number of nitrogens with zero attached hydrogens (tertiary/aromatic N) is 4. The number of nitrogens with two attached hydrogens (primary N) is 1. The van der Waals surface area contributed by atoms with Crippen LogP contribution in [0, 0.1) is 0 Å². The topological polar surface area (TPSA) is 56.1 Å². The first-order valence-electron chi connectivity index (χ1n) is 7.73. The summed E-state index contributed by atoms with van der Waals surface area (Å²) in [6.45, 7) is 11.2. The zero-order chi connectivity index (χ0) is 14.5. The van der Waals surface area contributed by atoms with Gasteiger partial charge in [0.05, 0.1) is 6.54 Å². The van der Waals surface area contributed by atoms with Crippen LogP contribution < -0.4 is 5.73 Å². The minimum Gasteiger partial charge on any atom is -0.339 e. The maximum absolute atomic E-state index is 12.3. The number of likely N-dealkylation sites (N-methyl/N-ethyl adjacent to an activating group) is 1. The molecule has 0 spiro atoms. The molecule has 0 bridgehead atoms. The van der Waals surface area contributed by atoms with Crippen LogP contribution in [0.4, 0.5) is 0 Å². The van der Waals surface area contributed by atoms with Crippen molar-refractivity contribution >= 4 is 5.91 Å². The Bertz CT molecular complexity index is 309. The minimum absolute atomic E-state index is 0.290. The standard InChI is InChI=1S/C14H29N5O/c1-13(11-15)18-9-5-17(6-10-18)12-14(20)19-7-3-16(2)4-8-19/h13H,3-12,15H2,1-2H3. The second-order valence-corrected chi connectivity index (χ2v) is 6.08. The molecule has 2 fully saturated rings. The van der Waals surface area contributed by atoms with Crippen LogP contribution in [-0.2, 0) is 4.79 Å². The molecule has 2 heterocycles. The molecule has 0 aromatic heterocycles. The summed E-state index contributed by atoms with van der Waals surface area (Å²) in [4.78, 5) is 21.3. The average molecular weight is 283 g/mol. The molecular formula is C14H29N5O. The van der Waals surface area contributed by atoms with Gasteiger partial charge < -0.3 is 15.5 Å². The fourth-order valence-electron chi connectivity index (χ4n) is 2.86. The summed E-state index contributed by atoms with van der Waals surface area (Å²) in [5, 5.41) is 0. The maximum atomic E-state index is 12.3. The van der Waals surface area contributed by atoms with Crippen LogP contribution in [0.3, 0.4) is 0 Å². The molecule has 2 saturated heterocycles. The van der Waals surface area contributed by atoms with Crippen molar-refractivity contribution in [3.8, 4) is 0 Å². The Balaban J connectivity index is 1.71. The van der Waals surface area contributed by atoms with Gasteiger partial charge in [0.25, 0.3) is 0 Å². The first kappa shape index (κ1) is 15.7. The summed E-state index contributed by atoms with van der Waals surface area (Å²) in [5.74, 6) is 0.290. The average Bonchev–Trinajstić information content (AvgIpc) is 2.48. The van der Waals surface area contributed by atoms with Gasteiger partial charge in [0.1, 0.15) is 0 Å². The minimum atomic E-state index is 0.290. The Morgan fingerprint density at radius 2 is 1.65 bits per heavy atom. The normalized spacial score (nSPS) is 24.9. The van der Waals surface area contributed by atoms with Gasteiger partial charge in [-0.15, -0.1) is 0 Å². The number of carbonyl (C=O) groups is 1. The van der Waals surface area contributed by atoms with Crippen molar-refractivity contribution in [3.63, 3.8) is 0 Å². The van der Waals surface area contributed by atoms with Crippen molar-refractivity contribution in [1.82, 2.24) is 19.6 Å². The highest BCUT2D eigenvalue weighted by molar-refractivity contribution is 5.78. The molecule has 2 aliphatic heterocycles. The van der Waals surface area contributed by atoms with E-state index in [0.717, 1.165) is 52.4 Å². The van der Waals surface area contributed by atoms with Gasteiger partial charge in [-0.3, -0.25) is 14.6 Å². The highest BCUT2D eigenvalue weighted by Crippen LogP contribution is 2.07. The van der Waals surface area contributed by atoms with E-state index in [1.165, 1.54) is 0 Å². The lowest BCUT2D eigenvalue weighted by molar-refractivity contribution is -0.134. The third-order valence-electron chi connectivity index (χ3n) is 4.59. The smallest absolute Gasteiger partial charge is 0.236 e. The fraction of sp³-hybridized carbons (Fsp3) is 0.929. The largest absolute Gasteiger partial charge is 0.339 e. The number of hydrogen-bond acceptors (Lipinski definition) is 5. The van der Waals surface area contributed by atoms with E-state index in [0.29, 0.717) is 25.0 Å². The third kappa shape index (κ3) is 4.15. The molecule has 2 aliphatic rings. The van der Waals surface area contributed by atoms with Crippen molar-refractivity contribution < 1.29 is 4.79 Å². The van der Waals surface area contributed by atoms with Gasteiger partial charge in [-0.2, -0.15) is 0 Å². The number of carbonyl (C=O) groups excluding carboxylic acids is 1. The third-order valence-corrected chi connectivity index (χ3v) is 4.59. The van der Waals surface area contributed by atoms with Crippen molar-refractivity contribution in [2.24, 2.45) is 5.73 Å². The highest BCUT2D eigenvalue weighted by Gasteiger charge is 2.24. The molecule has 0 radical (unpaired) electrons. The molecule has 6 nitrogen and oxygen atoms in total. The van der Waals surface area contributed by atoms with Crippen LogP contribution in [0.1, 0.15) is 6.92 Å². The number of amides is 1. The Hall–Kier alpha value is -0.690.